The zero-order valence-corrected chi connectivity index (χ0v) is 12.5. The first-order valence-corrected chi connectivity index (χ1v) is 7.34. The molecule has 0 aromatic heterocycles. The predicted molar refractivity (Wildman–Crippen MR) is 81.1 cm³/mol. The van der Waals surface area contributed by atoms with Gasteiger partial charge in [-0.25, -0.2) is 0 Å². The van der Waals surface area contributed by atoms with Gasteiger partial charge in [0.1, 0.15) is 5.75 Å². The monoisotopic (exact) mass is 264 g/mol. The highest BCUT2D eigenvalue weighted by Gasteiger charge is 2.19. The number of ether oxygens (including phenoxy) is 1. The van der Waals surface area contributed by atoms with Crippen molar-refractivity contribution in [3.63, 3.8) is 0 Å². The maximum absolute atomic E-state index is 5.77. The van der Waals surface area contributed by atoms with Crippen molar-refractivity contribution in [3.05, 3.63) is 29.8 Å². The summed E-state index contributed by atoms with van der Waals surface area (Å²) in [5.41, 5.74) is 4.29. The topological polar surface area (TPSA) is 47.3 Å². The second-order valence-corrected chi connectivity index (χ2v) is 5.17. The number of rotatable bonds is 9. The van der Waals surface area contributed by atoms with Crippen molar-refractivity contribution in [1.29, 1.82) is 0 Å². The van der Waals surface area contributed by atoms with Gasteiger partial charge in [-0.05, 0) is 42.9 Å². The van der Waals surface area contributed by atoms with Crippen LogP contribution in [0.15, 0.2) is 24.3 Å². The van der Waals surface area contributed by atoms with Crippen molar-refractivity contribution in [1.82, 2.24) is 5.43 Å². The summed E-state index contributed by atoms with van der Waals surface area (Å²) in [6.07, 6.45) is 5.83. The lowest BCUT2D eigenvalue weighted by atomic mass is 9.87. The molecule has 3 heteroatoms. The molecule has 3 N–H and O–H groups in total. The number of hydrogen-bond donors (Lipinski definition) is 2. The average Bonchev–Trinajstić information content (AvgIpc) is 2.45. The fourth-order valence-corrected chi connectivity index (χ4v) is 2.70. The zero-order valence-electron chi connectivity index (χ0n) is 12.5. The Bertz CT molecular complexity index is 348. The molecular formula is C16H28N2O. The number of methoxy groups -OCH3 is 1. The Morgan fingerprint density at radius 2 is 1.89 bits per heavy atom. The third-order valence-corrected chi connectivity index (χ3v) is 3.69. The van der Waals surface area contributed by atoms with Gasteiger partial charge in [0, 0.05) is 6.04 Å². The molecule has 0 aliphatic heterocycles. The van der Waals surface area contributed by atoms with E-state index in [4.69, 9.17) is 10.6 Å². The lowest BCUT2D eigenvalue weighted by molar-refractivity contribution is 0.311. The first-order chi connectivity index (χ1) is 9.24. The Kier molecular flexibility index (Phi) is 7.53. The third-order valence-electron chi connectivity index (χ3n) is 3.69. The standard InChI is InChI=1S/C16H28N2O/c1-4-7-14(8-5-2)16(18-17)12-13-9-6-10-15(11-13)19-3/h6,9-11,14,16,18H,4-5,7-8,12,17H2,1-3H3. The van der Waals surface area contributed by atoms with Crippen molar-refractivity contribution in [3.8, 4) is 5.75 Å². The van der Waals surface area contributed by atoms with E-state index in [1.165, 1.54) is 31.2 Å². The number of hydrogen-bond acceptors (Lipinski definition) is 3. The Morgan fingerprint density at radius 3 is 2.42 bits per heavy atom. The van der Waals surface area contributed by atoms with Gasteiger partial charge in [-0.15, -0.1) is 0 Å². The molecule has 0 saturated heterocycles. The minimum atomic E-state index is 0.340. The van der Waals surface area contributed by atoms with Crippen molar-refractivity contribution in [2.75, 3.05) is 7.11 Å². The van der Waals surface area contributed by atoms with Crippen LogP contribution < -0.4 is 16.0 Å². The molecule has 1 atom stereocenters. The number of nitrogens with two attached hydrogens (primary N) is 1. The summed E-state index contributed by atoms with van der Waals surface area (Å²) in [6, 6.07) is 8.59. The van der Waals surface area contributed by atoms with Crippen molar-refractivity contribution >= 4 is 0 Å². The largest absolute Gasteiger partial charge is 0.497 e. The zero-order chi connectivity index (χ0) is 14.1. The van der Waals surface area contributed by atoms with E-state index in [2.05, 4.69) is 31.4 Å². The molecule has 0 spiro atoms. The van der Waals surface area contributed by atoms with E-state index in [9.17, 15) is 0 Å². The van der Waals surface area contributed by atoms with Crippen LogP contribution in [0.4, 0.5) is 0 Å². The van der Waals surface area contributed by atoms with Gasteiger partial charge in [0.25, 0.3) is 0 Å². The van der Waals surface area contributed by atoms with Gasteiger partial charge in [0.2, 0.25) is 0 Å². The van der Waals surface area contributed by atoms with E-state index in [0.717, 1.165) is 12.2 Å². The Labute approximate surface area is 117 Å². The van der Waals surface area contributed by atoms with Crippen molar-refractivity contribution < 1.29 is 4.74 Å². The van der Waals surface area contributed by atoms with Gasteiger partial charge < -0.3 is 4.74 Å². The summed E-state index contributed by atoms with van der Waals surface area (Å²) in [7, 11) is 1.70. The molecule has 0 aliphatic rings. The third kappa shape index (κ3) is 5.21. The molecule has 3 nitrogen and oxygen atoms in total. The molecule has 0 fully saturated rings. The van der Waals surface area contributed by atoms with Crippen molar-refractivity contribution in [2.24, 2.45) is 11.8 Å². The van der Waals surface area contributed by atoms with Gasteiger partial charge in [-0.2, -0.15) is 0 Å². The summed E-state index contributed by atoms with van der Waals surface area (Å²) in [4.78, 5) is 0. The molecule has 0 radical (unpaired) electrons. The van der Waals surface area contributed by atoms with Crippen LogP contribution in [-0.2, 0) is 6.42 Å². The van der Waals surface area contributed by atoms with Crippen LogP contribution in [0.2, 0.25) is 0 Å². The molecular weight excluding hydrogens is 236 g/mol. The van der Waals surface area contributed by atoms with Crippen molar-refractivity contribution in [2.45, 2.75) is 52.0 Å². The summed E-state index contributed by atoms with van der Waals surface area (Å²) in [6.45, 7) is 4.48. The average molecular weight is 264 g/mol. The fourth-order valence-electron chi connectivity index (χ4n) is 2.70. The lowest BCUT2D eigenvalue weighted by Crippen LogP contribution is -2.42. The van der Waals surface area contributed by atoms with Gasteiger partial charge in [-0.3, -0.25) is 11.3 Å². The first-order valence-electron chi connectivity index (χ1n) is 7.34. The van der Waals surface area contributed by atoms with Crippen LogP contribution in [0.5, 0.6) is 5.75 Å². The van der Waals surface area contributed by atoms with Gasteiger partial charge in [-0.1, -0.05) is 38.8 Å². The highest BCUT2D eigenvalue weighted by molar-refractivity contribution is 5.29. The Morgan fingerprint density at radius 1 is 1.21 bits per heavy atom. The lowest BCUT2D eigenvalue weighted by Gasteiger charge is -2.26. The molecule has 108 valence electrons. The molecule has 0 heterocycles. The first kappa shape index (κ1) is 16.0. The molecule has 1 rings (SSSR count). The van der Waals surface area contributed by atoms with Crippen LogP contribution in [-0.4, -0.2) is 13.2 Å². The minimum absolute atomic E-state index is 0.340. The molecule has 0 aliphatic carbocycles. The molecule has 1 aromatic rings. The van der Waals surface area contributed by atoms with Gasteiger partial charge >= 0.3 is 0 Å². The number of hydrazine groups is 1. The SMILES string of the molecule is CCCC(CCC)C(Cc1cccc(OC)c1)NN. The van der Waals surface area contributed by atoms with Crippen LogP contribution in [0.25, 0.3) is 0 Å². The normalized spacial score (nSPS) is 12.7. The fraction of sp³-hybridized carbons (Fsp3) is 0.625. The predicted octanol–water partition coefficient (Wildman–Crippen LogP) is 3.29. The second-order valence-electron chi connectivity index (χ2n) is 5.17. The molecule has 0 amide bonds. The maximum Gasteiger partial charge on any atom is 0.119 e. The molecule has 1 unspecified atom stereocenters. The van der Waals surface area contributed by atoms with E-state index in [1.54, 1.807) is 7.11 Å². The maximum atomic E-state index is 5.77. The van der Waals surface area contributed by atoms with E-state index in [0.29, 0.717) is 12.0 Å². The van der Waals surface area contributed by atoms with E-state index >= 15 is 0 Å². The minimum Gasteiger partial charge on any atom is -0.497 e. The van der Waals surface area contributed by atoms with Crippen LogP contribution in [0.1, 0.15) is 45.1 Å². The van der Waals surface area contributed by atoms with Gasteiger partial charge in [0.15, 0.2) is 0 Å². The second kappa shape index (κ2) is 8.94. The van der Waals surface area contributed by atoms with Crippen LogP contribution in [0, 0.1) is 5.92 Å². The Hall–Kier alpha value is -1.06. The van der Waals surface area contributed by atoms with Crippen LogP contribution in [0.3, 0.4) is 0 Å². The summed E-state index contributed by atoms with van der Waals surface area (Å²) < 4.78 is 5.27. The highest BCUT2D eigenvalue weighted by atomic mass is 16.5. The molecule has 1 aromatic carbocycles. The van der Waals surface area contributed by atoms with E-state index in [1.807, 2.05) is 12.1 Å². The van der Waals surface area contributed by atoms with E-state index < -0.39 is 0 Å². The summed E-state index contributed by atoms with van der Waals surface area (Å²) >= 11 is 0. The van der Waals surface area contributed by atoms with Crippen LogP contribution >= 0.6 is 0 Å². The van der Waals surface area contributed by atoms with Gasteiger partial charge in [0.05, 0.1) is 7.11 Å². The number of benzene rings is 1. The molecule has 0 bridgehead atoms. The summed E-state index contributed by atoms with van der Waals surface area (Å²) in [5.74, 6) is 7.33. The van der Waals surface area contributed by atoms with E-state index in [-0.39, 0.29) is 0 Å². The smallest absolute Gasteiger partial charge is 0.119 e. The number of nitrogens with one attached hydrogen (secondary N) is 1. The highest BCUT2D eigenvalue weighted by Crippen LogP contribution is 2.22. The Balaban J connectivity index is 2.72. The molecule has 0 saturated carbocycles. The summed E-state index contributed by atoms with van der Waals surface area (Å²) in [5, 5.41) is 0. The quantitative estimate of drug-likeness (QED) is 0.531. The molecule has 19 heavy (non-hydrogen) atoms.